The SMILES string of the molecule is CN1CCN(c2cc(NC(=O)Nc3cc(Oc4ccnc(-c5cn[nH]c5)c4)ccc3F)cc(C(F)(F)F)c2)CC1. The van der Waals surface area contributed by atoms with Gasteiger partial charge in [-0.1, -0.05) is 0 Å². The number of anilines is 3. The summed E-state index contributed by atoms with van der Waals surface area (Å²) in [5.41, 5.74) is 0.500. The monoisotopic (exact) mass is 555 g/mol. The van der Waals surface area contributed by atoms with Gasteiger partial charge in [-0.3, -0.25) is 10.1 Å². The minimum Gasteiger partial charge on any atom is -0.457 e. The zero-order chi connectivity index (χ0) is 28.3. The summed E-state index contributed by atoms with van der Waals surface area (Å²) in [5.74, 6) is -0.121. The summed E-state index contributed by atoms with van der Waals surface area (Å²) in [7, 11) is 1.94. The van der Waals surface area contributed by atoms with Crippen molar-refractivity contribution in [1.82, 2.24) is 20.1 Å². The topological polar surface area (TPSA) is 98.4 Å². The van der Waals surface area contributed by atoms with Gasteiger partial charge in [0.05, 0.1) is 23.1 Å². The highest BCUT2D eigenvalue weighted by Crippen LogP contribution is 2.35. The van der Waals surface area contributed by atoms with Crippen molar-refractivity contribution >= 4 is 23.1 Å². The fraction of sp³-hybridized carbons (Fsp3) is 0.222. The van der Waals surface area contributed by atoms with Crippen molar-refractivity contribution in [1.29, 1.82) is 0 Å². The molecule has 4 aromatic rings. The number of benzene rings is 2. The molecule has 1 fully saturated rings. The van der Waals surface area contributed by atoms with Crippen LogP contribution in [0.15, 0.2) is 67.1 Å². The van der Waals surface area contributed by atoms with Crippen molar-refractivity contribution in [2.45, 2.75) is 6.18 Å². The number of pyridine rings is 1. The Morgan fingerprint density at radius 1 is 1.00 bits per heavy atom. The number of aromatic nitrogens is 3. The Bertz CT molecular complexity index is 1490. The number of piperazine rings is 1. The fourth-order valence-corrected chi connectivity index (χ4v) is 4.20. The van der Waals surface area contributed by atoms with Gasteiger partial charge in [-0.25, -0.2) is 9.18 Å². The van der Waals surface area contributed by atoms with E-state index in [0.717, 1.165) is 23.8 Å². The molecule has 3 heterocycles. The van der Waals surface area contributed by atoms with Gasteiger partial charge < -0.3 is 25.2 Å². The second-order valence-electron chi connectivity index (χ2n) is 9.24. The van der Waals surface area contributed by atoms with Crippen LogP contribution in [0.4, 0.5) is 39.4 Å². The van der Waals surface area contributed by atoms with Gasteiger partial charge in [0.25, 0.3) is 0 Å². The first kappa shape index (κ1) is 26.9. The number of nitrogens with one attached hydrogen (secondary N) is 3. The number of carbonyl (C=O) groups is 1. The number of H-pyrrole nitrogens is 1. The largest absolute Gasteiger partial charge is 0.457 e. The fourth-order valence-electron chi connectivity index (χ4n) is 4.20. The van der Waals surface area contributed by atoms with E-state index < -0.39 is 23.6 Å². The van der Waals surface area contributed by atoms with Gasteiger partial charge in [0.15, 0.2) is 0 Å². The van der Waals surface area contributed by atoms with Crippen LogP contribution in [0.5, 0.6) is 11.5 Å². The molecular weight excluding hydrogens is 530 g/mol. The lowest BCUT2D eigenvalue weighted by Gasteiger charge is -2.34. The van der Waals surface area contributed by atoms with Crippen LogP contribution in [0.25, 0.3) is 11.3 Å². The first-order chi connectivity index (χ1) is 19.1. The average Bonchev–Trinajstić information content (AvgIpc) is 3.46. The molecule has 5 rings (SSSR count). The van der Waals surface area contributed by atoms with Crippen LogP contribution in [-0.4, -0.2) is 59.3 Å². The van der Waals surface area contributed by atoms with E-state index in [-0.39, 0.29) is 17.1 Å². The zero-order valence-electron chi connectivity index (χ0n) is 21.3. The molecule has 2 aromatic carbocycles. The van der Waals surface area contributed by atoms with E-state index in [1.54, 1.807) is 30.7 Å². The number of amides is 2. The maximum Gasteiger partial charge on any atom is 0.416 e. The smallest absolute Gasteiger partial charge is 0.416 e. The summed E-state index contributed by atoms with van der Waals surface area (Å²) in [4.78, 5) is 20.9. The molecule has 3 N–H and O–H groups in total. The number of aromatic amines is 1. The number of urea groups is 1. The molecule has 1 saturated heterocycles. The van der Waals surface area contributed by atoms with E-state index in [4.69, 9.17) is 4.74 Å². The van der Waals surface area contributed by atoms with E-state index in [9.17, 15) is 22.4 Å². The number of halogens is 4. The Morgan fingerprint density at radius 2 is 1.77 bits per heavy atom. The summed E-state index contributed by atoms with van der Waals surface area (Å²) in [6.45, 7) is 2.48. The Morgan fingerprint density at radius 3 is 2.50 bits per heavy atom. The van der Waals surface area contributed by atoms with Crippen molar-refractivity contribution in [3.63, 3.8) is 0 Å². The third kappa shape index (κ3) is 6.49. The predicted molar refractivity (Wildman–Crippen MR) is 142 cm³/mol. The molecule has 0 atom stereocenters. The summed E-state index contributed by atoms with van der Waals surface area (Å²) in [5, 5.41) is 11.3. The minimum atomic E-state index is -4.61. The summed E-state index contributed by atoms with van der Waals surface area (Å²) < 4.78 is 61.2. The van der Waals surface area contributed by atoms with Gasteiger partial charge in [-0.2, -0.15) is 18.3 Å². The first-order valence-corrected chi connectivity index (χ1v) is 12.3. The summed E-state index contributed by atoms with van der Waals surface area (Å²) in [6.07, 6.45) is 0.198. The van der Waals surface area contributed by atoms with Crippen molar-refractivity contribution in [2.24, 2.45) is 0 Å². The lowest BCUT2D eigenvalue weighted by Crippen LogP contribution is -2.44. The average molecular weight is 556 g/mol. The molecule has 0 saturated carbocycles. The molecule has 40 heavy (non-hydrogen) atoms. The van der Waals surface area contributed by atoms with Gasteiger partial charge in [-0.15, -0.1) is 0 Å². The van der Waals surface area contributed by atoms with Gasteiger partial charge in [-0.05, 0) is 43.4 Å². The van der Waals surface area contributed by atoms with Gasteiger partial charge in [0.2, 0.25) is 0 Å². The molecule has 0 aliphatic carbocycles. The Balaban J connectivity index is 1.31. The van der Waals surface area contributed by atoms with Crippen LogP contribution in [0.3, 0.4) is 0 Å². The maximum absolute atomic E-state index is 14.5. The molecule has 0 bridgehead atoms. The van der Waals surface area contributed by atoms with Gasteiger partial charge >= 0.3 is 12.2 Å². The molecule has 0 radical (unpaired) electrons. The van der Waals surface area contributed by atoms with Crippen molar-refractivity contribution in [3.05, 3.63) is 78.5 Å². The van der Waals surface area contributed by atoms with Gasteiger partial charge in [0, 0.05) is 67.6 Å². The molecule has 0 unspecified atom stereocenters. The van der Waals surface area contributed by atoms with Crippen LogP contribution in [0, 0.1) is 5.82 Å². The molecule has 9 nitrogen and oxygen atoms in total. The van der Waals surface area contributed by atoms with E-state index >= 15 is 0 Å². The maximum atomic E-state index is 14.5. The molecule has 208 valence electrons. The number of hydrogen-bond donors (Lipinski definition) is 3. The van der Waals surface area contributed by atoms with E-state index in [2.05, 4.69) is 30.7 Å². The highest BCUT2D eigenvalue weighted by molar-refractivity contribution is 6.00. The number of nitrogens with zero attached hydrogens (tertiary/aromatic N) is 4. The van der Waals surface area contributed by atoms with E-state index in [1.807, 2.05) is 11.9 Å². The van der Waals surface area contributed by atoms with Gasteiger partial charge in [0.1, 0.15) is 17.3 Å². The molecule has 13 heteroatoms. The third-order valence-electron chi connectivity index (χ3n) is 6.32. The summed E-state index contributed by atoms with van der Waals surface area (Å²) in [6, 6.07) is 9.50. The van der Waals surface area contributed by atoms with Crippen molar-refractivity contribution < 1.29 is 27.1 Å². The molecule has 1 aliphatic heterocycles. The van der Waals surface area contributed by atoms with Crippen LogP contribution in [-0.2, 0) is 6.18 Å². The van der Waals surface area contributed by atoms with E-state index in [0.29, 0.717) is 43.3 Å². The van der Waals surface area contributed by atoms with Crippen LogP contribution >= 0.6 is 0 Å². The Hall–Kier alpha value is -4.65. The van der Waals surface area contributed by atoms with Crippen molar-refractivity contribution in [2.75, 3.05) is 48.8 Å². The molecule has 1 aliphatic rings. The third-order valence-corrected chi connectivity index (χ3v) is 6.32. The number of ether oxygens (including phenoxy) is 1. The van der Waals surface area contributed by atoms with Crippen LogP contribution < -0.4 is 20.3 Å². The quantitative estimate of drug-likeness (QED) is 0.260. The number of carbonyl (C=O) groups excluding carboxylic acids is 1. The molecule has 2 amide bonds. The second-order valence-corrected chi connectivity index (χ2v) is 9.24. The highest BCUT2D eigenvalue weighted by Gasteiger charge is 2.32. The lowest BCUT2D eigenvalue weighted by molar-refractivity contribution is -0.137. The first-order valence-electron chi connectivity index (χ1n) is 12.3. The Kier molecular flexibility index (Phi) is 7.56. The predicted octanol–water partition coefficient (Wildman–Crippen LogP) is 5.82. The minimum absolute atomic E-state index is 0.0716. The standard InChI is InChI=1S/C27H25F4N7O2/c1-37-6-8-38(9-7-37)20-11-18(27(29,30)31)10-19(12-20)35-26(39)36-25-14-21(2-3-23(25)28)40-22-4-5-32-24(13-22)17-15-33-34-16-17/h2-5,10-16H,6-9H2,1H3,(H,33,34)(H2,35,36,39). The van der Waals surface area contributed by atoms with Crippen LogP contribution in [0.1, 0.15) is 5.56 Å². The molecule has 0 spiro atoms. The van der Waals surface area contributed by atoms with Crippen LogP contribution in [0.2, 0.25) is 0 Å². The number of alkyl halides is 3. The molecule has 2 aromatic heterocycles. The molecular formula is C27H25F4N7O2. The Labute approximate surface area is 226 Å². The number of rotatable bonds is 6. The number of likely N-dealkylation sites (N-methyl/N-ethyl adjacent to an activating group) is 1. The normalized spacial score (nSPS) is 14.2. The zero-order valence-corrected chi connectivity index (χ0v) is 21.3. The van der Waals surface area contributed by atoms with E-state index in [1.165, 1.54) is 18.2 Å². The summed E-state index contributed by atoms with van der Waals surface area (Å²) >= 11 is 0. The second kappa shape index (κ2) is 11.2. The highest BCUT2D eigenvalue weighted by atomic mass is 19.4. The lowest BCUT2D eigenvalue weighted by atomic mass is 10.1. The van der Waals surface area contributed by atoms with Crippen molar-refractivity contribution in [3.8, 4) is 22.8 Å². The number of hydrogen-bond acceptors (Lipinski definition) is 6.